The summed E-state index contributed by atoms with van der Waals surface area (Å²) in [7, 11) is 0. The maximum absolute atomic E-state index is 2.46. The molecule has 0 bridgehead atoms. The molecule has 0 fully saturated rings. The van der Waals surface area contributed by atoms with Crippen LogP contribution in [0.25, 0.3) is 0 Å². The third kappa shape index (κ3) is 12.2. The first kappa shape index (κ1) is 17.7. The lowest BCUT2D eigenvalue weighted by Gasteiger charge is -2.14. The van der Waals surface area contributed by atoms with Crippen LogP contribution in [0.3, 0.4) is 0 Å². The van der Waals surface area contributed by atoms with Crippen LogP contribution in [-0.2, 0) is 0 Å². The van der Waals surface area contributed by atoms with Crippen molar-refractivity contribution < 1.29 is 0 Å². The van der Waals surface area contributed by atoms with Crippen molar-refractivity contribution in [1.82, 2.24) is 0 Å². The van der Waals surface area contributed by atoms with Gasteiger partial charge in [0, 0.05) is 0 Å². The minimum absolute atomic E-state index is 0.957. The van der Waals surface area contributed by atoms with Gasteiger partial charge in [-0.2, -0.15) is 0 Å². The van der Waals surface area contributed by atoms with Gasteiger partial charge in [-0.05, 0) is 25.2 Å². The lowest BCUT2D eigenvalue weighted by molar-refractivity contribution is 0.418. The Morgan fingerprint density at radius 2 is 1.28 bits per heavy atom. The number of allylic oxidation sites excluding steroid dienone is 2. The SMILES string of the molecule is CCCCCC=CCC(CCCC)CCCCC. The van der Waals surface area contributed by atoms with E-state index in [0.29, 0.717) is 0 Å². The summed E-state index contributed by atoms with van der Waals surface area (Å²) in [6.45, 7) is 6.89. The molecule has 0 rings (SSSR count). The van der Waals surface area contributed by atoms with E-state index in [1.807, 2.05) is 0 Å². The molecule has 0 nitrogen and oxygen atoms in total. The van der Waals surface area contributed by atoms with E-state index in [2.05, 4.69) is 32.9 Å². The van der Waals surface area contributed by atoms with E-state index in [1.165, 1.54) is 77.0 Å². The van der Waals surface area contributed by atoms with Gasteiger partial charge in [-0.15, -0.1) is 0 Å². The molecule has 1 atom stereocenters. The fourth-order valence-electron chi connectivity index (χ4n) is 2.47. The van der Waals surface area contributed by atoms with Crippen LogP contribution in [0.2, 0.25) is 0 Å². The molecule has 0 radical (unpaired) electrons. The van der Waals surface area contributed by atoms with E-state index in [-0.39, 0.29) is 0 Å². The van der Waals surface area contributed by atoms with Crippen molar-refractivity contribution in [3.05, 3.63) is 12.2 Å². The molecule has 0 spiro atoms. The molecule has 0 N–H and O–H groups in total. The molecule has 0 aliphatic carbocycles. The fraction of sp³-hybridized carbons (Fsp3) is 0.889. The van der Waals surface area contributed by atoms with Crippen molar-refractivity contribution in [3.63, 3.8) is 0 Å². The molecular formula is C18H36. The summed E-state index contributed by atoms with van der Waals surface area (Å²) in [4.78, 5) is 0. The highest BCUT2D eigenvalue weighted by Crippen LogP contribution is 2.21. The first-order chi connectivity index (χ1) is 8.85. The molecule has 0 aromatic heterocycles. The minimum atomic E-state index is 0.957. The highest BCUT2D eigenvalue weighted by Gasteiger charge is 2.05. The molecule has 0 heteroatoms. The van der Waals surface area contributed by atoms with E-state index < -0.39 is 0 Å². The van der Waals surface area contributed by atoms with Crippen LogP contribution in [0, 0.1) is 5.92 Å². The average molecular weight is 252 g/mol. The highest BCUT2D eigenvalue weighted by molar-refractivity contribution is 4.84. The molecule has 0 aliphatic rings. The maximum Gasteiger partial charge on any atom is -0.0322 e. The van der Waals surface area contributed by atoms with E-state index in [9.17, 15) is 0 Å². The smallest absolute Gasteiger partial charge is 0.0322 e. The topological polar surface area (TPSA) is 0 Å². The highest BCUT2D eigenvalue weighted by atomic mass is 14.1. The molecule has 0 aliphatic heterocycles. The van der Waals surface area contributed by atoms with Crippen LogP contribution in [0.4, 0.5) is 0 Å². The Kier molecular flexibility index (Phi) is 14.6. The molecule has 18 heavy (non-hydrogen) atoms. The summed E-state index contributed by atoms with van der Waals surface area (Å²) >= 11 is 0. The molecular weight excluding hydrogens is 216 g/mol. The minimum Gasteiger partial charge on any atom is -0.0885 e. The third-order valence-electron chi connectivity index (χ3n) is 3.79. The predicted molar refractivity (Wildman–Crippen MR) is 85.1 cm³/mol. The molecule has 0 saturated carbocycles. The predicted octanol–water partition coefficient (Wildman–Crippen LogP) is 6.90. The molecule has 108 valence electrons. The molecule has 0 aromatic carbocycles. The number of unbranched alkanes of at least 4 members (excludes halogenated alkanes) is 6. The normalized spacial score (nSPS) is 13.3. The summed E-state index contributed by atoms with van der Waals surface area (Å²) in [6, 6.07) is 0. The van der Waals surface area contributed by atoms with Gasteiger partial charge in [0.1, 0.15) is 0 Å². The van der Waals surface area contributed by atoms with Gasteiger partial charge in [-0.3, -0.25) is 0 Å². The largest absolute Gasteiger partial charge is 0.0885 e. The second-order valence-corrected chi connectivity index (χ2v) is 5.71. The van der Waals surface area contributed by atoms with Crippen LogP contribution >= 0.6 is 0 Å². The van der Waals surface area contributed by atoms with Crippen molar-refractivity contribution >= 4 is 0 Å². The lowest BCUT2D eigenvalue weighted by atomic mass is 9.92. The summed E-state index contributed by atoms with van der Waals surface area (Å²) in [5, 5.41) is 0. The Morgan fingerprint density at radius 1 is 0.667 bits per heavy atom. The first-order valence-corrected chi connectivity index (χ1v) is 8.50. The number of rotatable bonds is 13. The molecule has 0 heterocycles. The Morgan fingerprint density at radius 3 is 1.94 bits per heavy atom. The summed E-state index contributed by atoms with van der Waals surface area (Å²) in [5.41, 5.74) is 0. The third-order valence-corrected chi connectivity index (χ3v) is 3.79. The summed E-state index contributed by atoms with van der Waals surface area (Å²) in [5.74, 6) is 0.957. The molecule has 0 saturated heterocycles. The van der Waals surface area contributed by atoms with E-state index >= 15 is 0 Å². The Balaban J connectivity index is 3.69. The summed E-state index contributed by atoms with van der Waals surface area (Å²) < 4.78 is 0. The van der Waals surface area contributed by atoms with Crippen LogP contribution < -0.4 is 0 Å². The van der Waals surface area contributed by atoms with Gasteiger partial charge in [0.05, 0.1) is 0 Å². The maximum atomic E-state index is 2.46. The van der Waals surface area contributed by atoms with Gasteiger partial charge in [-0.25, -0.2) is 0 Å². The van der Waals surface area contributed by atoms with Gasteiger partial charge in [-0.1, -0.05) is 90.7 Å². The quantitative estimate of drug-likeness (QED) is 0.247. The monoisotopic (exact) mass is 252 g/mol. The Hall–Kier alpha value is -0.260. The van der Waals surface area contributed by atoms with Crippen molar-refractivity contribution in [2.75, 3.05) is 0 Å². The molecule has 1 unspecified atom stereocenters. The number of hydrogen-bond acceptors (Lipinski definition) is 0. The zero-order valence-corrected chi connectivity index (χ0v) is 13.2. The zero-order chi connectivity index (χ0) is 13.5. The Bertz CT molecular complexity index is 169. The first-order valence-electron chi connectivity index (χ1n) is 8.50. The standard InChI is InChI=1S/C18H36/c1-4-7-10-11-12-14-17-18(15-9-6-3)16-13-8-5-2/h12,14,18H,4-11,13,15-17H2,1-3H3. The van der Waals surface area contributed by atoms with Gasteiger partial charge >= 0.3 is 0 Å². The van der Waals surface area contributed by atoms with Crippen molar-refractivity contribution in [3.8, 4) is 0 Å². The van der Waals surface area contributed by atoms with Crippen molar-refractivity contribution in [1.29, 1.82) is 0 Å². The van der Waals surface area contributed by atoms with Crippen molar-refractivity contribution in [2.24, 2.45) is 5.92 Å². The second-order valence-electron chi connectivity index (χ2n) is 5.71. The molecule has 0 amide bonds. The zero-order valence-electron chi connectivity index (χ0n) is 13.2. The summed E-state index contributed by atoms with van der Waals surface area (Å²) in [6.07, 6.45) is 21.5. The van der Waals surface area contributed by atoms with Crippen LogP contribution in [0.15, 0.2) is 12.2 Å². The van der Waals surface area contributed by atoms with Crippen LogP contribution in [-0.4, -0.2) is 0 Å². The fourth-order valence-corrected chi connectivity index (χ4v) is 2.47. The van der Waals surface area contributed by atoms with Gasteiger partial charge in [0.15, 0.2) is 0 Å². The van der Waals surface area contributed by atoms with Crippen molar-refractivity contribution in [2.45, 2.75) is 97.8 Å². The lowest BCUT2D eigenvalue weighted by Crippen LogP contribution is -1.99. The van der Waals surface area contributed by atoms with E-state index in [1.54, 1.807) is 0 Å². The molecule has 0 aromatic rings. The van der Waals surface area contributed by atoms with E-state index in [0.717, 1.165) is 5.92 Å². The number of hydrogen-bond donors (Lipinski definition) is 0. The van der Waals surface area contributed by atoms with Gasteiger partial charge < -0.3 is 0 Å². The van der Waals surface area contributed by atoms with E-state index in [4.69, 9.17) is 0 Å². The van der Waals surface area contributed by atoms with Gasteiger partial charge in [0.2, 0.25) is 0 Å². The Labute approximate surface area is 116 Å². The van der Waals surface area contributed by atoms with Crippen LogP contribution in [0.5, 0.6) is 0 Å². The average Bonchev–Trinajstić information content (AvgIpc) is 2.39. The second kappa shape index (κ2) is 14.8. The van der Waals surface area contributed by atoms with Gasteiger partial charge in [0.25, 0.3) is 0 Å². The van der Waals surface area contributed by atoms with Crippen LogP contribution in [0.1, 0.15) is 97.8 Å².